The third-order valence-electron chi connectivity index (χ3n) is 7.94. The highest BCUT2D eigenvalue weighted by Crippen LogP contribution is 2.39. The van der Waals surface area contributed by atoms with Gasteiger partial charge in [-0.15, -0.1) is 0 Å². The number of carbonyl (C=O) groups excluding carboxylic acids is 1. The van der Waals surface area contributed by atoms with E-state index in [2.05, 4.69) is 77.4 Å². The Morgan fingerprint density at radius 2 is 1.84 bits per heavy atom. The maximum Gasteiger partial charge on any atom is 0.247 e. The summed E-state index contributed by atoms with van der Waals surface area (Å²) in [6, 6.07) is 10.4. The molecule has 242 valence electrons. The molecular weight excluding hydrogens is 562 g/mol. The first kappa shape index (κ1) is 35.1. The number of methoxy groups -OCH3 is 1. The van der Waals surface area contributed by atoms with Crippen LogP contribution >= 0.6 is 0 Å². The van der Waals surface area contributed by atoms with Crippen LogP contribution in [0.4, 0.5) is 28.8 Å². The predicted molar refractivity (Wildman–Crippen MR) is 190 cm³/mol. The Bertz CT molecular complexity index is 1510. The molecule has 45 heavy (non-hydrogen) atoms. The molecular formula is C36H51N7O2. The van der Waals surface area contributed by atoms with Crippen molar-refractivity contribution >= 4 is 40.3 Å². The number of anilines is 5. The average Bonchev–Trinajstić information content (AvgIpc) is 3.04. The SMILES string of the molecule is C=CC(=O)Nc1cc(Nc2nc(NC)c(C)c(/C(=C/C)c3cccc(CCCC)c3CC)n2)c(OC)cc1N(C)CCN(C)C. The van der Waals surface area contributed by atoms with Crippen molar-refractivity contribution in [2.75, 3.05) is 69.2 Å². The van der Waals surface area contributed by atoms with Crippen molar-refractivity contribution in [1.82, 2.24) is 14.9 Å². The van der Waals surface area contributed by atoms with E-state index in [1.165, 1.54) is 22.8 Å². The van der Waals surface area contributed by atoms with Gasteiger partial charge in [0.25, 0.3) is 0 Å². The zero-order chi connectivity index (χ0) is 33.1. The van der Waals surface area contributed by atoms with E-state index >= 15 is 0 Å². The summed E-state index contributed by atoms with van der Waals surface area (Å²) >= 11 is 0. The van der Waals surface area contributed by atoms with Crippen LogP contribution < -0.4 is 25.6 Å². The average molecular weight is 614 g/mol. The van der Waals surface area contributed by atoms with Gasteiger partial charge < -0.3 is 30.5 Å². The number of nitrogens with zero attached hydrogens (tertiary/aromatic N) is 4. The lowest BCUT2D eigenvalue weighted by atomic mass is 9.89. The van der Waals surface area contributed by atoms with Crippen LogP contribution in [0, 0.1) is 6.92 Å². The van der Waals surface area contributed by atoms with Crippen molar-refractivity contribution in [2.24, 2.45) is 0 Å². The third kappa shape index (κ3) is 8.63. The molecule has 1 heterocycles. The summed E-state index contributed by atoms with van der Waals surface area (Å²) in [7, 11) is 9.54. The quantitative estimate of drug-likeness (QED) is 0.148. The van der Waals surface area contributed by atoms with Crippen LogP contribution in [0.15, 0.2) is 49.1 Å². The molecule has 0 bridgehead atoms. The number of carbonyl (C=O) groups is 1. The molecule has 2 aromatic carbocycles. The van der Waals surface area contributed by atoms with E-state index in [4.69, 9.17) is 14.7 Å². The largest absolute Gasteiger partial charge is 0.494 e. The Morgan fingerprint density at radius 1 is 1.09 bits per heavy atom. The highest BCUT2D eigenvalue weighted by atomic mass is 16.5. The Kier molecular flexibility index (Phi) is 13.0. The zero-order valence-electron chi connectivity index (χ0n) is 28.6. The minimum Gasteiger partial charge on any atom is -0.494 e. The first-order valence-electron chi connectivity index (χ1n) is 15.7. The van der Waals surface area contributed by atoms with Gasteiger partial charge >= 0.3 is 0 Å². The van der Waals surface area contributed by atoms with Gasteiger partial charge in [0.15, 0.2) is 0 Å². The van der Waals surface area contributed by atoms with Crippen molar-refractivity contribution in [2.45, 2.75) is 53.4 Å². The summed E-state index contributed by atoms with van der Waals surface area (Å²) in [5, 5.41) is 9.61. The zero-order valence-corrected chi connectivity index (χ0v) is 28.6. The summed E-state index contributed by atoms with van der Waals surface area (Å²) < 4.78 is 5.83. The maximum absolute atomic E-state index is 12.4. The molecule has 0 aliphatic heterocycles. The van der Waals surface area contributed by atoms with E-state index in [1.807, 2.05) is 47.2 Å². The molecule has 0 unspecified atom stereocenters. The lowest BCUT2D eigenvalue weighted by molar-refractivity contribution is -0.111. The van der Waals surface area contributed by atoms with Crippen LogP contribution in [0.1, 0.15) is 61.6 Å². The molecule has 0 radical (unpaired) electrons. The number of unbranched alkanes of at least 4 members (excludes halogenated alkanes) is 1. The van der Waals surface area contributed by atoms with Crippen molar-refractivity contribution in [3.63, 3.8) is 0 Å². The Balaban J connectivity index is 2.15. The topological polar surface area (TPSA) is 94.6 Å². The summed E-state index contributed by atoms with van der Waals surface area (Å²) in [6.45, 7) is 13.8. The number of hydrogen-bond acceptors (Lipinski definition) is 8. The second-order valence-electron chi connectivity index (χ2n) is 11.3. The fourth-order valence-electron chi connectivity index (χ4n) is 5.43. The lowest BCUT2D eigenvalue weighted by Gasteiger charge is -2.26. The van der Waals surface area contributed by atoms with E-state index in [9.17, 15) is 4.79 Å². The van der Waals surface area contributed by atoms with Crippen molar-refractivity contribution in [3.05, 3.63) is 77.0 Å². The predicted octanol–water partition coefficient (Wildman–Crippen LogP) is 7.06. The van der Waals surface area contributed by atoms with Crippen LogP contribution in [-0.4, -0.2) is 69.2 Å². The van der Waals surface area contributed by atoms with Crippen LogP contribution in [0.2, 0.25) is 0 Å². The van der Waals surface area contributed by atoms with Gasteiger partial charge in [-0.2, -0.15) is 4.98 Å². The molecule has 0 spiro atoms. The number of nitrogens with one attached hydrogen (secondary N) is 3. The molecule has 0 aliphatic rings. The number of likely N-dealkylation sites (N-methyl/N-ethyl adjacent to an activating group) is 2. The summed E-state index contributed by atoms with van der Waals surface area (Å²) in [4.78, 5) is 26.5. The molecule has 0 saturated carbocycles. The number of aryl methyl sites for hydroxylation is 1. The second-order valence-corrected chi connectivity index (χ2v) is 11.3. The number of allylic oxidation sites excluding steroid dienone is 1. The molecule has 0 aliphatic carbocycles. The molecule has 0 fully saturated rings. The van der Waals surface area contributed by atoms with Crippen LogP contribution in [-0.2, 0) is 17.6 Å². The smallest absolute Gasteiger partial charge is 0.247 e. The molecule has 3 N–H and O–H groups in total. The Labute approximate surface area is 269 Å². The third-order valence-corrected chi connectivity index (χ3v) is 7.94. The van der Waals surface area contributed by atoms with Gasteiger partial charge in [0.2, 0.25) is 11.9 Å². The normalized spacial score (nSPS) is 11.4. The number of hydrogen-bond donors (Lipinski definition) is 3. The minimum absolute atomic E-state index is 0.301. The first-order chi connectivity index (χ1) is 21.6. The first-order valence-corrected chi connectivity index (χ1v) is 15.7. The monoisotopic (exact) mass is 613 g/mol. The Hall–Kier alpha value is -4.37. The van der Waals surface area contributed by atoms with Gasteiger partial charge in [0.1, 0.15) is 11.6 Å². The molecule has 0 saturated heterocycles. The van der Waals surface area contributed by atoms with Crippen LogP contribution in [0.5, 0.6) is 5.75 Å². The summed E-state index contributed by atoms with van der Waals surface area (Å²) in [6.07, 6.45) is 7.71. The number of rotatable bonds is 16. The highest BCUT2D eigenvalue weighted by molar-refractivity contribution is 6.02. The maximum atomic E-state index is 12.4. The van der Waals surface area contributed by atoms with Gasteiger partial charge in [0.05, 0.1) is 29.9 Å². The molecule has 3 rings (SSSR count). The van der Waals surface area contributed by atoms with Crippen molar-refractivity contribution in [1.29, 1.82) is 0 Å². The van der Waals surface area contributed by atoms with E-state index in [-0.39, 0.29) is 5.91 Å². The Morgan fingerprint density at radius 3 is 2.44 bits per heavy atom. The van der Waals surface area contributed by atoms with Crippen molar-refractivity contribution < 1.29 is 9.53 Å². The number of ether oxygens (including phenoxy) is 1. The van der Waals surface area contributed by atoms with Crippen LogP contribution in [0.3, 0.4) is 0 Å². The van der Waals surface area contributed by atoms with Gasteiger partial charge in [-0.3, -0.25) is 4.79 Å². The van der Waals surface area contributed by atoms with E-state index < -0.39 is 0 Å². The summed E-state index contributed by atoms with van der Waals surface area (Å²) in [5.74, 6) is 1.43. The van der Waals surface area contributed by atoms with Crippen molar-refractivity contribution in [3.8, 4) is 5.75 Å². The fraction of sp³-hybridized carbons (Fsp3) is 0.417. The molecule has 9 heteroatoms. The summed E-state index contributed by atoms with van der Waals surface area (Å²) in [5.41, 5.74) is 8.88. The van der Waals surface area contributed by atoms with E-state index in [0.717, 1.165) is 67.1 Å². The molecule has 1 amide bonds. The van der Waals surface area contributed by atoms with E-state index in [0.29, 0.717) is 23.1 Å². The standard InChI is InChI=1S/C36H51N7O2/c1-11-15-17-25-18-16-19-28(26(25)12-2)27(13-3)34-24(5)35(37-6)41-36(40-34)39-30-22-29(38-33(44)14-4)31(23-32(30)45-10)43(9)21-20-42(7)8/h13-14,16,18-19,22-23H,4,11-12,15,17,20-21H2,1-3,5-10H3,(H,38,44)(H2,37,39,40,41)/b27-13+. The molecule has 1 aromatic heterocycles. The highest BCUT2D eigenvalue weighted by Gasteiger charge is 2.21. The molecule has 3 aromatic rings. The minimum atomic E-state index is -0.301. The van der Waals surface area contributed by atoms with Gasteiger partial charge in [-0.1, -0.05) is 51.1 Å². The molecule has 9 nitrogen and oxygen atoms in total. The lowest BCUT2D eigenvalue weighted by Crippen LogP contribution is -2.29. The number of amides is 1. The fourth-order valence-corrected chi connectivity index (χ4v) is 5.43. The van der Waals surface area contributed by atoms with E-state index in [1.54, 1.807) is 7.11 Å². The van der Waals surface area contributed by atoms with Gasteiger partial charge in [0, 0.05) is 44.4 Å². The number of aromatic nitrogens is 2. The second kappa shape index (κ2) is 16.6. The number of benzene rings is 2. The van der Waals surface area contributed by atoms with Gasteiger partial charge in [-0.25, -0.2) is 4.98 Å². The van der Waals surface area contributed by atoms with Crippen LogP contribution in [0.25, 0.3) is 5.57 Å². The van der Waals surface area contributed by atoms with Gasteiger partial charge in [-0.05, 0) is 76.0 Å². The molecule has 0 atom stereocenters.